The summed E-state index contributed by atoms with van der Waals surface area (Å²) in [6.45, 7) is 4.60. The molecular formula is C25H30ClN5O3S. The van der Waals surface area contributed by atoms with Gasteiger partial charge in [-0.05, 0) is 56.9 Å². The summed E-state index contributed by atoms with van der Waals surface area (Å²) in [5, 5.41) is 21.5. The second-order valence-electron chi connectivity index (χ2n) is 10.2. The van der Waals surface area contributed by atoms with E-state index in [1.54, 1.807) is 6.20 Å². The number of H-pyrrole nitrogens is 1. The maximum Gasteiger partial charge on any atom is 0.152 e. The van der Waals surface area contributed by atoms with Crippen LogP contribution in [-0.2, 0) is 17.8 Å². The summed E-state index contributed by atoms with van der Waals surface area (Å²) < 4.78 is 5.85. The number of ether oxygens (including phenoxy) is 1. The Kier molecular flexibility index (Phi) is 6.17. The van der Waals surface area contributed by atoms with Crippen LogP contribution < -0.4 is 4.90 Å². The molecule has 2 aliphatic heterocycles. The lowest BCUT2D eigenvalue weighted by atomic mass is 9.77. The number of hydrogen-bond acceptors (Lipinski definition) is 8. The zero-order valence-corrected chi connectivity index (χ0v) is 21.3. The lowest BCUT2D eigenvalue weighted by molar-refractivity contribution is 0.0975. The van der Waals surface area contributed by atoms with Crippen LogP contribution in [0.2, 0.25) is 5.15 Å². The molecule has 1 aliphatic carbocycles. The number of aromatic amines is 1. The predicted octanol–water partition coefficient (Wildman–Crippen LogP) is 4.41. The van der Waals surface area contributed by atoms with Crippen molar-refractivity contribution in [3.05, 3.63) is 34.4 Å². The topological polar surface area (TPSA) is 107 Å². The van der Waals surface area contributed by atoms with Crippen LogP contribution >= 0.6 is 23.4 Å². The largest absolute Gasteiger partial charge is 0.390 e. The van der Waals surface area contributed by atoms with E-state index in [9.17, 15) is 10.2 Å². The number of pyridine rings is 1. The van der Waals surface area contributed by atoms with Gasteiger partial charge in [0.2, 0.25) is 0 Å². The van der Waals surface area contributed by atoms with E-state index in [-0.39, 0.29) is 12.0 Å². The van der Waals surface area contributed by atoms with Gasteiger partial charge in [-0.3, -0.25) is 0 Å². The highest BCUT2D eigenvalue weighted by Crippen LogP contribution is 2.43. The first kappa shape index (κ1) is 23.5. The number of aromatic nitrogens is 4. The molecule has 186 valence electrons. The molecule has 8 nitrogen and oxygen atoms in total. The summed E-state index contributed by atoms with van der Waals surface area (Å²) in [5.41, 5.74) is 4.47. The quantitative estimate of drug-likeness (QED) is 0.438. The lowest BCUT2D eigenvalue weighted by Gasteiger charge is -2.39. The van der Waals surface area contributed by atoms with E-state index in [0.717, 1.165) is 91.2 Å². The molecule has 3 aromatic heterocycles. The van der Waals surface area contributed by atoms with E-state index in [1.165, 1.54) is 11.8 Å². The first-order valence-electron chi connectivity index (χ1n) is 12.3. The van der Waals surface area contributed by atoms with Crippen LogP contribution in [-0.4, -0.2) is 55.9 Å². The second-order valence-corrected chi connectivity index (χ2v) is 11.6. The van der Waals surface area contributed by atoms with Crippen molar-refractivity contribution >= 4 is 40.2 Å². The molecule has 0 bridgehead atoms. The molecule has 0 saturated carbocycles. The normalized spacial score (nSPS) is 23.8. The first-order valence-corrected chi connectivity index (χ1v) is 13.5. The van der Waals surface area contributed by atoms with Crippen LogP contribution in [0.5, 0.6) is 0 Å². The maximum absolute atomic E-state index is 10.3. The average Bonchev–Trinajstić information content (AvgIpc) is 3.40. The molecule has 1 spiro atoms. The number of rotatable bonds is 4. The molecule has 3 aromatic rings. The number of halogens is 1. The third-order valence-corrected chi connectivity index (χ3v) is 9.08. The summed E-state index contributed by atoms with van der Waals surface area (Å²) in [7, 11) is 0. The van der Waals surface area contributed by atoms with Crippen molar-refractivity contribution in [2.75, 3.05) is 24.6 Å². The van der Waals surface area contributed by atoms with Gasteiger partial charge in [0.1, 0.15) is 15.9 Å². The van der Waals surface area contributed by atoms with Crippen LogP contribution in [0.4, 0.5) is 5.82 Å². The number of fused-ring (bicyclic) bond motifs is 3. The Morgan fingerprint density at radius 2 is 2.14 bits per heavy atom. The fraction of sp³-hybridized carbons (Fsp3) is 0.560. The minimum Gasteiger partial charge on any atom is -0.390 e. The lowest BCUT2D eigenvalue weighted by Crippen LogP contribution is -2.41. The van der Waals surface area contributed by atoms with Crippen LogP contribution in [0.1, 0.15) is 62.1 Å². The number of piperidine rings is 1. The molecular weight excluding hydrogens is 486 g/mol. The fourth-order valence-corrected chi connectivity index (χ4v) is 6.94. The molecule has 1 unspecified atom stereocenters. The molecule has 3 aliphatic rings. The number of aliphatic hydroxyl groups is 2. The molecule has 5 heterocycles. The molecule has 6 rings (SSSR count). The monoisotopic (exact) mass is 515 g/mol. The molecule has 2 atom stereocenters. The highest BCUT2D eigenvalue weighted by Gasteiger charge is 2.41. The van der Waals surface area contributed by atoms with Gasteiger partial charge in [-0.25, -0.2) is 15.0 Å². The van der Waals surface area contributed by atoms with Crippen molar-refractivity contribution < 1.29 is 14.9 Å². The van der Waals surface area contributed by atoms with Crippen molar-refractivity contribution in [1.29, 1.82) is 0 Å². The number of nitrogens with zero attached hydrogens (tertiary/aromatic N) is 4. The van der Waals surface area contributed by atoms with Crippen molar-refractivity contribution in [2.24, 2.45) is 5.41 Å². The number of anilines is 1. The van der Waals surface area contributed by atoms with Gasteiger partial charge in [0, 0.05) is 24.3 Å². The van der Waals surface area contributed by atoms with Gasteiger partial charge < -0.3 is 24.8 Å². The Labute approximate surface area is 213 Å². The van der Waals surface area contributed by atoms with Gasteiger partial charge >= 0.3 is 0 Å². The Morgan fingerprint density at radius 3 is 2.89 bits per heavy atom. The SMILES string of the molecule is C[C@H]1CC2(CCN(c3ncc(Sc4cc5[nH]c6c(c5nc4Cl)CCCC6O)nc3CO)CC2)CO1. The number of aliphatic hydroxyl groups excluding tert-OH is 2. The van der Waals surface area contributed by atoms with E-state index in [4.69, 9.17) is 26.3 Å². The Balaban J connectivity index is 1.22. The fourth-order valence-electron chi connectivity index (χ4n) is 5.89. The second kappa shape index (κ2) is 9.19. The standard InChI is InChI=1S/C25H30ClN5O3S/c1-14-10-25(13-34-14)5-7-31(8-6-25)24-17(12-32)28-20(11-27-24)35-19-9-16-21(30-23(19)26)15-3-2-4-18(33)22(15)29-16/h9,11,14,18,29,32-33H,2-8,10,12-13H2,1H3/t14-,18?/m0/s1. The summed E-state index contributed by atoms with van der Waals surface area (Å²) in [5.74, 6) is 0.754. The van der Waals surface area contributed by atoms with Gasteiger partial charge in [0.15, 0.2) is 5.82 Å². The van der Waals surface area contributed by atoms with Crippen LogP contribution in [0.3, 0.4) is 0 Å². The molecule has 0 amide bonds. The van der Waals surface area contributed by atoms with Crippen molar-refractivity contribution in [1.82, 2.24) is 19.9 Å². The van der Waals surface area contributed by atoms with Gasteiger partial charge in [0.25, 0.3) is 0 Å². The smallest absolute Gasteiger partial charge is 0.152 e. The van der Waals surface area contributed by atoms with Crippen LogP contribution in [0.25, 0.3) is 11.0 Å². The summed E-state index contributed by atoms with van der Waals surface area (Å²) in [6.07, 6.45) is 7.44. The van der Waals surface area contributed by atoms with Crippen LogP contribution in [0.15, 0.2) is 22.2 Å². The third kappa shape index (κ3) is 4.31. The minimum atomic E-state index is -0.484. The number of nitrogens with one attached hydrogen (secondary N) is 1. The average molecular weight is 516 g/mol. The van der Waals surface area contributed by atoms with Gasteiger partial charge in [-0.15, -0.1) is 0 Å². The van der Waals surface area contributed by atoms with E-state index in [2.05, 4.69) is 21.8 Å². The Bertz CT molecular complexity index is 1260. The molecule has 10 heteroatoms. The highest BCUT2D eigenvalue weighted by molar-refractivity contribution is 7.99. The highest BCUT2D eigenvalue weighted by atomic mass is 35.5. The zero-order chi connectivity index (χ0) is 24.2. The molecule has 3 N–H and O–H groups in total. The predicted molar refractivity (Wildman–Crippen MR) is 135 cm³/mol. The molecule has 0 radical (unpaired) electrons. The van der Waals surface area contributed by atoms with Gasteiger partial charge in [-0.2, -0.15) is 0 Å². The number of hydrogen-bond donors (Lipinski definition) is 3. The minimum absolute atomic E-state index is 0.176. The molecule has 35 heavy (non-hydrogen) atoms. The molecule has 2 fully saturated rings. The summed E-state index contributed by atoms with van der Waals surface area (Å²) >= 11 is 7.94. The Hall–Kier alpha value is -1.91. The van der Waals surface area contributed by atoms with E-state index in [0.29, 0.717) is 22.0 Å². The van der Waals surface area contributed by atoms with Crippen molar-refractivity contribution in [2.45, 2.75) is 74.2 Å². The number of aryl methyl sites for hydroxylation is 1. The first-order chi connectivity index (χ1) is 16.9. The van der Waals surface area contributed by atoms with Crippen molar-refractivity contribution in [3.63, 3.8) is 0 Å². The molecule has 0 aromatic carbocycles. The van der Waals surface area contributed by atoms with Gasteiger partial charge in [-0.1, -0.05) is 23.4 Å². The van der Waals surface area contributed by atoms with E-state index < -0.39 is 6.10 Å². The van der Waals surface area contributed by atoms with Crippen LogP contribution in [0, 0.1) is 5.41 Å². The van der Waals surface area contributed by atoms with E-state index in [1.807, 2.05) is 6.07 Å². The van der Waals surface area contributed by atoms with Gasteiger partial charge in [0.05, 0.1) is 47.5 Å². The Morgan fingerprint density at radius 1 is 1.31 bits per heavy atom. The zero-order valence-electron chi connectivity index (χ0n) is 19.8. The summed E-state index contributed by atoms with van der Waals surface area (Å²) in [6, 6.07) is 1.96. The molecule has 2 saturated heterocycles. The van der Waals surface area contributed by atoms with Crippen molar-refractivity contribution in [3.8, 4) is 0 Å². The van der Waals surface area contributed by atoms with E-state index >= 15 is 0 Å². The third-order valence-electron chi connectivity index (χ3n) is 7.74. The maximum atomic E-state index is 10.3. The summed E-state index contributed by atoms with van der Waals surface area (Å²) in [4.78, 5) is 20.4.